The summed E-state index contributed by atoms with van der Waals surface area (Å²) in [6.45, 7) is -3.63. The Hall–Kier alpha value is -3.92. The fourth-order valence-corrected chi connectivity index (χ4v) is 5.19. The molecule has 0 bridgehead atoms. The number of alkyl halides is 2. The zero-order valence-electron chi connectivity index (χ0n) is 24.4. The Bertz CT molecular complexity index is 1640. The van der Waals surface area contributed by atoms with Crippen LogP contribution in [0.1, 0.15) is 40.4 Å². The average Bonchev–Trinajstić information content (AvgIpc) is 3.80. The molecule has 0 aliphatic heterocycles. The molecule has 0 radical (unpaired) electrons. The van der Waals surface area contributed by atoms with Gasteiger partial charge in [-0.1, -0.05) is 29.3 Å². The molecule has 3 N–H and O–H groups in total. The Morgan fingerprint density at radius 1 is 1.07 bits per heavy atom. The fourth-order valence-electron chi connectivity index (χ4n) is 4.12. The highest BCUT2D eigenvalue weighted by Gasteiger charge is 2.27. The van der Waals surface area contributed by atoms with Crippen molar-refractivity contribution >= 4 is 50.9 Å². The standard InChI is InChI=1S/C29H28Cl2F2N2O9S.H2O/c1-40-20-8-18(7-19(10-20)35-45(2,38)39)28(37)42-15-27(36)43-25(11-21-22(30)12-34-13-23(21)31)17-5-6-24(44-29(32)33)26(9-17)41-14-16-3-4-16;/h5-10,12-13,16,25,29,35H,3-4,11,14-15H2,1-2H3;1H2/t25-;/m0./s1. The Morgan fingerprint density at radius 3 is 2.37 bits per heavy atom. The summed E-state index contributed by atoms with van der Waals surface area (Å²) in [5, 5.41) is 0.490. The minimum Gasteiger partial charge on any atom is -0.870 e. The fraction of sp³-hybridized carbons (Fsp3) is 0.345. The molecule has 1 atom stereocenters. The van der Waals surface area contributed by atoms with Crippen LogP contribution in [0.2, 0.25) is 10.0 Å². The third-order valence-electron chi connectivity index (χ3n) is 6.39. The first-order valence-corrected chi connectivity index (χ1v) is 16.0. The van der Waals surface area contributed by atoms with Gasteiger partial charge < -0.3 is 29.2 Å². The number of aromatic amines is 1. The van der Waals surface area contributed by atoms with Gasteiger partial charge in [-0.15, -0.1) is 0 Å². The van der Waals surface area contributed by atoms with Gasteiger partial charge in [-0.3, -0.25) is 4.72 Å². The summed E-state index contributed by atoms with van der Waals surface area (Å²) in [6.07, 6.45) is 4.68. The summed E-state index contributed by atoms with van der Waals surface area (Å²) < 4.78 is 78.0. The number of aromatic nitrogens is 1. The number of hydrogen-bond acceptors (Lipinski definition) is 10. The van der Waals surface area contributed by atoms with Crippen molar-refractivity contribution in [3.63, 3.8) is 0 Å². The second kappa shape index (κ2) is 16.1. The minimum absolute atomic E-state index is 0. The molecular weight excluding hydrogens is 677 g/mol. The van der Waals surface area contributed by atoms with Crippen LogP contribution in [0, 0.1) is 5.92 Å². The van der Waals surface area contributed by atoms with E-state index in [1.54, 1.807) is 0 Å². The molecule has 46 heavy (non-hydrogen) atoms. The van der Waals surface area contributed by atoms with Gasteiger partial charge in [-0.25, -0.2) is 23.0 Å². The molecule has 17 heteroatoms. The SMILES string of the molecule is COc1cc(NS(C)(=O)=O)cc(C(=O)OCC(=O)O[C@@H](Cc2c(Cl)c[nH+]cc2Cl)c2ccc(OC(F)F)c(OCC3CC3)c2)c1.[OH-]. The number of esters is 2. The van der Waals surface area contributed by atoms with E-state index in [-0.39, 0.29) is 50.4 Å². The van der Waals surface area contributed by atoms with Crippen molar-refractivity contribution < 1.29 is 60.9 Å². The van der Waals surface area contributed by atoms with Crippen molar-refractivity contribution in [1.82, 2.24) is 0 Å². The molecule has 1 aliphatic carbocycles. The van der Waals surface area contributed by atoms with Crippen LogP contribution >= 0.6 is 23.2 Å². The zero-order valence-corrected chi connectivity index (χ0v) is 26.8. The lowest BCUT2D eigenvalue weighted by molar-refractivity contribution is -0.377. The quantitative estimate of drug-likeness (QED) is 0.210. The van der Waals surface area contributed by atoms with Crippen LogP contribution in [-0.4, -0.2) is 59.0 Å². The molecule has 4 rings (SSSR count). The number of pyridine rings is 1. The Labute approximate surface area is 273 Å². The number of ether oxygens (including phenoxy) is 5. The van der Waals surface area contributed by atoms with Crippen LogP contribution in [0.4, 0.5) is 14.5 Å². The molecule has 1 saturated carbocycles. The average molecular weight is 708 g/mol. The summed E-state index contributed by atoms with van der Waals surface area (Å²) in [4.78, 5) is 28.5. The van der Waals surface area contributed by atoms with Gasteiger partial charge in [0.25, 0.3) is 0 Å². The molecule has 1 aliphatic rings. The van der Waals surface area contributed by atoms with Crippen LogP contribution in [0.5, 0.6) is 17.2 Å². The number of benzene rings is 2. The van der Waals surface area contributed by atoms with Gasteiger partial charge in [-0.05, 0) is 48.6 Å². The van der Waals surface area contributed by atoms with E-state index in [1.165, 1.54) is 55.9 Å². The number of anilines is 1. The van der Waals surface area contributed by atoms with Crippen molar-refractivity contribution in [3.8, 4) is 17.2 Å². The van der Waals surface area contributed by atoms with Crippen molar-refractivity contribution in [2.45, 2.75) is 32.0 Å². The van der Waals surface area contributed by atoms with E-state index in [9.17, 15) is 26.8 Å². The number of halogens is 4. The topological polar surface area (TPSA) is 171 Å². The summed E-state index contributed by atoms with van der Waals surface area (Å²) in [5.74, 6) is -1.63. The smallest absolute Gasteiger partial charge is 0.387 e. The predicted octanol–water partition coefficient (Wildman–Crippen LogP) is 5.09. The molecular formula is C29H30Cl2F2N2O10S. The van der Waals surface area contributed by atoms with E-state index in [1.807, 2.05) is 0 Å². The summed E-state index contributed by atoms with van der Waals surface area (Å²) in [7, 11) is -2.34. The first-order valence-electron chi connectivity index (χ1n) is 13.4. The van der Waals surface area contributed by atoms with Gasteiger partial charge in [0.2, 0.25) is 10.0 Å². The van der Waals surface area contributed by atoms with E-state index >= 15 is 0 Å². The molecule has 1 heterocycles. The van der Waals surface area contributed by atoms with E-state index in [4.69, 9.17) is 42.1 Å². The summed E-state index contributed by atoms with van der Waals surface area (Å²) >= 11 is 12.7. The van der Waals surface area contributed by atoms with Crippen molar-refractivity contribution in [2.24, 2.45) is 5.92 Å². The van der Waals surface area contributed by atoms with Crippen molar-refractivity contribution in [2.75, 3.05) is 31.3 Å². The first kappa shape index (κ1) is 36.5. The second-order valence-electron chi connectivity index (χ2n) is 10.1. The molecule has 0 spiro atoms. The number of methoxy groups -OCH3 is 1. The Kier molecular flexibility index (Phi) is 12.8. The highest BCUT2D eigenvalue weighted by Crippen LogP contribution is 2.37. The number of sulfonamides is 1. The predicted molar refractivity (Wildman–Crippen MR) is 161 cm³/mol. The number of hydrogen-bond donors (Lipinski definition) is 1. The van der Waals surface area contributed by atoms with E-state index in [0.717, 1.165) is 19.1 Å². The summed E-state index contributed by atoms with van der Waals surface area (Å²) in [5.41, 5.74) is 0.698. The molecule has 250 valence electrons. The van der Waals surface area contributed by atoms with Crippen molar-refractivity contribution in [3.05, 3.63) is 75.5 Å². The molecule has 0 unspecified atom stereocenters. The van der Waals surface area contributed by atoms with Crippen LogP contribution in [0.15, 0.2) is 48.8 Å². The molecule has 1 aromatic heterocycles. The van der Waals surface area contributed by atoms with Gasteiger partial charge in [0.15, 0.2) is 30.5 Å². The Balaban J connectivity index is 0.00000576. The summed E-state index contributed by atoms with van der Waals surface area (Å²) in [6, 6.07) is 7.99. The van der Waals surface area contributed by atoms with Crippen LogP contribution in [0.25, 0.3) is 0 Å². The molecule has 0 saturated heterocycles. The molecule has 2 aromatic carbocycles. The van der Waals surface area contributed by atoms with Crippen LogP contribution in [0.3, 0.4) is 0 Å². The number of nitrogens with one attached hydrogen (secondary N) is 2. The Morgan fingerprint density at radius 2 is 1.76 bits per heavy atom. The third kappa shape index (κ3) is 10.9. The van der Waals surface area contributed by atoms with Gasteiger partial charge in [0.1, 0.15) is 21.9 Å². The van der Waals surface area contributed by atoms with Gasteiger partial charge in [0, 0.05) is 18.1 Å². The van der Waals surface area contributed by atoms with Crippen molar-refractivity contribution in [1.29, 1.82) is 0 Å². The molecule has 0 amide bonds. The number of rotatable bonds is 15. The highest BCUT2D eigenvalue weighted by molar-refractivity contribution is 7.92. The molecule has 1 fully saturated rings. The largest absolute Gasteiger partial charge is 0.870 e. The maximum Gasteiger partial charge on any atom is 0.387 e. The second-order valence-corrected chi connectivity index (χ2v) is 12.6. The van der Waals surface area contributed by atoms with Gasteiger partial charge in [-0.2, -0.15) is 8.78 Å². The zero-order chi connectivity index (χ0) is 32.7. The highest BCUT2D eigenvalue weighted by atomic mass is 35.5. The lowest BCUT2D eigenvalue weighted by atomic mass is 10.0. The van der Waals surface area contributed by atoms with Gasteiger partial charge in [0.05, 0.1) is 31.2 Å². The lowest BCUT2D eigenvalue weighted by Gasteiger charge is -2.21. The molecule has 3 aromatic rings. The number of carbonyl (C=O) groups is 2. The number of H-pyrrole nitrogens is 1. The van der Waals surface area contributed by atoms with E-state index < -0.39 is 41.3 Å². The lowest BCUT2D eigenvalue weighted by Crippen LogP contribution is -2.21. The monoisotopic (exact) mass is 706 g/mol. The van der Waals surface area contributed by atoms with Crippen LogP contribution < -0.4 is 23.9 Å². The van der Waals surface area contributed by atoms with E-state index in [2.05, 4.69) is 14.4 Å². The number of carbonyl (C=O) groups excluding carboxylic acids is 2. The third-order valence-corrected chi connectivity index (χ3v) is 7.67. The van der Waals surface area contributed by atoms with Gasteiger partial charge >= 0.3 is 18.6 Å². The normalized spacial score (nSPS) is 13.3. The van der Waals surface area contributed by atoms with E-state index in [0.29, 0.717) is 23.7 Å². The van der Waals surface area contributed by atoms with Crippen LogP contribution in [-0.2, 0) is 30.7 Å². The minimum atomic E-state index is -3.67. The molecule has 12 nitrogen and oxygen atoms in total. The maximum absolute atomic E-state index is 13.1. The maximum atomic E-state index is 13.1. The first-order chi connectivity index (χ1) is 21.3.